The second-order valence-corrected chi connectivity index (χ2v) is 6.40. The van der Waals surface area contributed by atoms with Crippen molar-refractivity contribution in [3.63, 3.8) is 0 Å². The Kier molecular flexibility index (Phi) is 5.54. The lowest BCUT2D eigenvalue weighted by atomic mass is 10.2. The standard InChI is InChI=1S/C21H23N3O3/c1-4-8-19(21(25)26)27-16-10-7-9-15(13-16)24(3)20-17-11-5-6-12-18(17)22-14(2)23-20/h5-7,9-13,19H,4,8H2,1-3H3,(H,25,26). The SMILES string of the molecule is CCCC(Oc1cccc(N(C)c2nc(C)nc3ccccc23)c1)C(=O)O. The Balaban J connectivity index is 1.94. The molecule has 6 heteroatoms. The van der Waals surface area contributed by atoms with Gasteiger partial charge in [0.15, 0.2) is 6.10 Å². The lowest BCUT2D eigenvalue weighted by Crippen LogP contribution is -2.26. The molecule has 0 aliphatic rings. The Labute approximate surface area is 158 Å². The number of hydrogen-bond acceptors (Lipinski definition) is 5. The number of carboxylic acid groups (broad SMARTS) is 1. The molecule has 1 heterocycles. The van der Waals surface area contributed by atoms with Gasteiger partial charge in [-0.05, 0) is 37.6 Å². The van der Waals surface area contributed by atoms with Crippen molar-refractivity contribution in [3.05, 3.63) is 54.4 Å². The van der Waals surface area contributed by atoms with Gasteiger partial charge in [-0.1, -0.05) is 31.5 Å². The van der Waals surface area contributed by atoms with Crippen molar-refractivity contribution >= 4 is 28.4 Å². The zero-order valence-corrected chi connectivity index (χ0v) is 15.7. The molecule has 0 aliphatic heterocycles. The summed E-state index contributed by atoms with van der Waals surface area (Å²) < 4.78 is 5.70. The highest BCUT2D eigenvalue weighted by Gasteiger charge is 2.19. The van der Waals surface area contributed by atoms with Crippen LogP contribution in [0.3, 0.4) is 0 Å². The molecular weight excluding hydrogens is 342 g/mol. The van der Waals surface area contributed by atoms with Crippen molar-refractivity contribution in [2.75, 3.05) is 11.9 Å². The van der Waals surface area contributed by atoms with Gasteiger partial charge in [-0.3, -0.25) is 0 Å². The molecule has 2 aromatic carbocycles. The molecule has 1 unspecified atom stereocenters. The Morgan fingerprint density at radius 1 is 1.19 bits per heavy atom. The molecule has 0 radical (unpaired) electrons. The monoisotopic (exact) mass is 365 g/mol. The Hall–Kier alpha value is -3.15. The van der Waals surface area contributed by atoms with Gasteiger partial charge in [0.25, 0.3) is 0 Å². The number of carbonyl (C=O) groups is 1. The zero-order valence-electron chi connectivity index (χ0n) is 15.7. The van der Waals surface area contributed by atoms with E-state index in [1.54, 1.807) is 6.07 Å². The average molecular weight is 365 g/mol. The van der Waals surface area contributed by atoms with Gasteiger partial charge in [0.1, 0.15) is 17.4 Å². The molecule has 1 N–H and O–H groups in total. The van der Waals surface area contributed by atoms with E-state index >= 15 is 0 Å². The van der Waals surface area contributed by atoms with Gasteiger partial charge in [-0.25, -0.2) is 14.8 Å². The minimum Gasteiger partial charge on any atom is -0.479 e. The highest BCUT2D eigenvalue weighted by atomic mass is 16.5. The molecule has 0 bridgehead atoms. The van der Waals surface area contributed by atoms with Crippen LogP contribution in [0.1, 0.15) is 25.6 Å². The van der Waals surface area contributed by atoms with E-state index in [0.717, 1.165) is 28.8 Å². The van der Waals surface area contributed by atoms with Gasteiger partial charge in [0, 0.05) is 24.2 Å². The summed E-state index contributed by atoms with van der Waals surface area (Å²) in [5.41, 5.74) is 1.74. The van der Waals surface area contributed by atoms with E-state index in [1.807, 2.05) is 68.3 Å². The highest BCUT2D eigenvalue weighted by molar-refractivity contribution is 5.91. The third kappa shape index (κ3) is 4.16. The lowest BCUT2D eigenvalue weighted by Gasteiger charge is -2.22. The first-order valence-corrected chi connectivity index (χ1v) is 8.96. The first-order chi connectivity index (χ1) is 13.0. The molecule has 6 nitrogen and oxygen atoms in total. The van der Waals surface area contributed by atoms with E-state index in [9.17, 15) is 9.90 Å². The number of anilines is 2. The molecule has 0 saturated heterocycles. The predicted molar refractivity (Wildman–Crippen MR) is 106 cm³/mol. The van der Waals surface area contributed by atoms with E-state index in [1.165, 1.54) is 0 Å². The first kappa shape index (κ1) is 18.6. The van der Waals surface area contributed by atoms with Crippen molar-refractivity contribution in [2.24, 2.45) is 0 Å². The van der Waals surface area contributed by atoms with Crippen molar-refractivity contribution < 1.29 is 14.6 Å². The minimum absolute atomic E-state index is 0.463. The highest BCUT2D eigenvalue weighted by Crippen LogP contribution is 2.31. The number of benzene rings is 2. The molecule has 0 aliphatic carbocycles. The maximum absolute atomic E-state index is 11.4. The largest absolute Gasteiger partial charge is 0.479 e. The van der Waals surface area contributed by atoms with Crippen LogP contribution in [-0.2, 0) is 4.79 Å². The van der Waals surface area contributed by atoms with E-state index in [0.29, 0.717) is 18.0 Å². The van der Waals surface area contributed by atoms with E-state index < -0.39 is 12.1 Å². The molecule has 0 saturated carbocycles. The molecule has 27 heavy (non-hydrogen) atoms. The van der Waals surface area contributed by atoms with Crippen molar-refractivity contribution in [1.29, 1.82) is 0 Å². The van der Waals surface area contributed by atoms with Gasteiger partial charge in [-0.2, -0.15) is 0 Å². The fourth-order valence-corrected chi connectivity index (χ4v) is 2.98. The zero-order chi connectivity index (χ0) is 19.4. The quantitative estimate of drug-likeness (QED) is 0.671. The van der Waals surface area contributed by atoms with Gasteiger partial charge in [0.2, 0.25) is 0 Å². The summed E-state index contributed by atoms with van der Waals surface area (Å²) in [4.78, 5) is 22.4. The minimum atomic E-state index is -0.951. The number of carboxylic acids is 1. The second-order valence-electron chi connectivity index (χ2n) is 6.40. The topological polar surface area (TPSA) is 75.5 Å². The summed E-state index contributed by atoms with van der Waals surface area (Å²) in [5.74, 6) is 1.05. The molecule has 0 amide bonds. The predicted octanol–water partition coefficient (Wildman–Crippen LogP) is 4.34. The third-order valence-corrected chi connectivity index (χ3v) is 4.32. The summed E-state index contributed by atoms with van der Waals surface area (Å²) in [6.45, 7) is 3.80. The molecule has 1 aromatic heterocycles. The number of rotatable bonds is 7. The van der Waals surface area contributed by atoms with Crippen LogP contribution in [0.15, 0.2) is 48.5 Å². The van der Waals surface area contributed by atoms with Gasteiger partial charge >= 0.3 is 5.97 Å². The van der Waals surface area contributed by atoms with Crippen LogP contribution in [0.25, 0.3) is 10.9 Å². The number of nitrogens with zero attached hydrogens (tertiary/aromatic N) is 3. The van der Waals surface area contributed by atoms with E-state index in [-0.39, 0.29) is 0 Å². The van der Waals surface area contributed by atoms with Crippen molar-refractivity contribution in [2.45, 2.75) is 32.8 Å². The normalized spacial score (nSPS) is 12.0. The number of aliphatic carboxylic acids is 1. The summed E-state index contributed by atoms with van der Waals surface area (Å²) in [5, 5.41) is 10.3. The number of para-hydroxylation sites is 1. The molecule has 3 aromatic rings. The van der Waals surface area contributed by atoms with Gasteiger partial charge < -0.3 is 14.7 Å². The maximum atomic E-state index is 11.4. The summed E-state index contributed by atoms with van der Waals surface area (Å²) in [6.07, 6.45) is 0.353. The van der Waals surface area contributed by atoms with Crippen LogP contribution >= 0.6 is 0 Å². The van der Waals surface area contributed by atoms with Crippen LogP contribution in [0.5, 0.6) is 5.75 Å². The Bertz CT molecular complexity index is 958. The maximum Gasteiger partial charge on any atom is 0.344 e. The van der Waals surface area contributed by atoms with Crippen LogP contribution < -0.4 is 9.64 Å². The first-order valence-electron chi connectivity index (χ1n) is 8.96. The molecule has 0 fully saturated rings. The second kappa shape index (κ2) is 8.03. The van der Waals surface area contributed by atoms with Crippen LogP contribution in [0, 0.1) is 6.92 Å². The number of hydrogen-bond donors (Lipinski definition) is 1. The van der Waals surface area contributed by atoms with Gasteiger partial charge in [0.05, 0.1) is 5.52 Å². The Morgan fingerprint density at radius 2 is 1.96 bits per heavy atom. The molecule has 0 spiro atoms. The van der Waals surface area contributed by atoms with E-state index in [4.69, 9.17) is 4.74 Å². The molecule has 140 valence electrons. The fraction of sp³-hybridized carbons (Fsp3) is 0.286. The summed E-state index contributed by atoms with van der Waals surface area (Å²) >= 11 is 0. The van der Waals surface area contributed by atoms with E-state index in [2.05, 4.69) is 9.97 Å². The van der Waals surface area contributed by atoms with Crippen LogP contribution in [0.4, 0.5) is 11.5 Å². The number of ether oxygens (including phenoxy) is 1. The smallest absolute Gasteiger partial charge is 0.344 e. The van der Waals surface area contributed by atoms with Gasteiger partial charge in [-0.15, -0.1) is 0 Å². The molecular formula is C21H23N3O3. The summed E-state index contributed by atoms with van der Waals surface area (Å²) in [6, 6.07) is 15.2. The summed E-state index contributed by atoms with van der Waals surface area (Å²) in [7, 11) is 1.92. The number of aryl methyl sites for hydroxylation is 1. The van der Waals surface area contributed by atoms with Crippen LogP contribution in [-0.4, -0.2) is 34.2 Å². The van der Waals surface area contributed by atoms with Crippen molar-refractivity contribution in [1.82, 2.24) is 9.97 Å². The molecule has 1 atom stereocenters. The van der Waals surface area contributed by atoms with Crippen molar-refractivity contribution in [3.8, 4) is 5.75 Å². The number of aromatic nitrogens is 2. The molecule has 3 rings (SSSR count). The average Bonchev–Trinajstić information content (AvgIpc) is 2.66. The Morgan fingerprint density at radius 3 is 2.70 bits per heavy atom. The third-order valence-electron chi connectivity index (χ3n) is 4.32. The fourth-order valence-electron chi connectivity index (χ4n) is 2.98. The number of fused-ring (bicyclic) bond motifs is 1. The lowest BCUT2D eigenvalue weighted by molar-refractivity contribution is -0.145. The van der Waals surface area contributed by atoms with Crippen LogP contribution in [0.2, 0.25) is 0 Å².